The van der Waals surface area contributed by atoms with E-state index >= 15 is 0 Å². The molecular formula is C26H32ClN3O. The van der Waals surface area contributed by atoms with Gasteiger partial charge in [-0.1, -0.05) is 55.3 Å². The van der Waals surface area contributed by atoms with Crippen molar-refractivity contribution in [3.8, 4) is 0 Å². The van der Waals surface area contributed by atoms with Crippen LogP contribution >= 0.6 is 11.6 Å². The quantitative estimate of drug-likeness (QED) is 0.488. The molecule has 0 saturated carbocycles. The van der Waals surface area contributed by atoms with Crippen molar-refractivity contribution in [3.05, 3.63) is 70.4 Å². The number of aromatic nitrogens is 1. The number of para-hydroxylation sites is 1. The van der Waals surface area contributed by atoms with E-state index in [1.807, 2.05) is 24.3 Å². The molecule has 4 nitrogen and oxygen atoms in total. The zero-order valence-corrected chi connectivity index (χ0v) is 19.0. The van der Waals surface area contributed by atoms with E-state index in [1.54, 1.807) is 0 Å². The number of nitrogens with zero attached hydrogens (tertiary/aromatic N) is 1. The van der Waals surface area contributed by atoms with Gasteiger partial charge in [0.25, 0.3) is 0 Å². The van der Waals surface area contributed by atoms with E-state index < -0.39 is 0 Å². The van der Waals surface area contributed by atoms with E-state index in [1.165, 1.54) is 41.3 Å². The van der Waals surface area contributed by atoms with Gasteiger partial charge in [-0.3, -0.25) is 4.79 Å². The molecule has 0 aliphatic carbocycles. The summed E-state index contributed by atoms with van der Waals surface area (Å²) < 4.78 is 0. The van der Waals surface area contributed by atoms with Gasteiger partial charge in [0.15, 0.2) is 0 Å². The topological polar surface area (TPSA) is 48.1 Å². The van der Waals surface area contributed by atoms with Gasteiger partial charge in [-0.15, -0.1) is 0 Å². The molecule has 2 N–H and O–H groups in total. The van der Waals surface area contributed by atoms with Crippen LogP contribution in [-0.2, 0) is 11.2 Å². The predicted octanol–water partition coefficient (Wildman–Crippen LogP) is 5.51. The lowest BCUT2D eigenvalue weighted by molar-refractivity contribution is -0.121. The number of halogens is 1. The maximum absolute atomic E-state index is 12.9. The summed E-state index contributed by atoms with van der Waals surface area (Å²) in [6, 6.07) is 14.3. The van der Waals surface area contributed by atoms with Crippen molar-refractivity contribution in [2.45, 2.75) is 44.9 Å². The normalized spacial score (nSPS) is 15.8. The minimum absolute atomic E-state index is 0.0203. The molecule has 0 spiro atoms. The average Bonchev–Trinajstić information content (AvgIpc) is 3.23. The highest BCUT2D eigenvalue weighted by molar-refractivity contribution is 6.30. The number of aromatic amines is 1. The Morgan fingerprint density at radius 3 is 2.65 bits per heavy atom. The van der Waals surface area contributed by atoms with Crippen LogP contribution in [0.5, 0.6) is 0 Å². The molecule has 1 atom stereocenters. The molecule has 1 fully saturated rings. The highest BCUT2D eigenvalue weighted by Crippen LogP contribution is 2.35. The summed E-state index contributed by atoms with van der Waals surface area (Å²) in [4.78, 5) is 18.8. The van der Waals surface area contributed by atoms with Crippen molar-refractivity contribution >= 4 is 28.4 Å². The Hall–Kier alpha value is -2.30. The van der Waals surface area contributed by atoms with Crippen LogP contribution in [-0.4, -0.2) is 42.0 Å². The van der Waals surface area contributed by atoms with Crippen LogP contribution in [0, 0.1) is 0 Å². The third-order valence-corrected chi connectivity index (χ3v) is 6.70. The minimum Gasteiger partial charge on any atom is -0.361 e. The number of carbonyl (C=O) groups excluding carboxylic acids is 1. The number of benzene rings is 2. The summed E-state index contributed by atoms with van der Waals surface area (Å²) in [5.74, 6) is 0.0751. The minimum atomic E-state index is -0.0203. The van der Waals surface area contributed by atoms with Crippen LogP contribution in [0.1, 0.15) is 55.2 Å². The smallest absolute Gasteiger partial charge is 0.220 e. The van der Waals surface area contributed by atoms with E-state index in [0.717, 1.165) is 31.6 Å². The molecule has 4 rings (SSSR count). The van der Waals surface area contributed by atoms with E-state index in [9.17, 15) is 4.79 Å². The number of rotatable bonds is 8. The molecule has 164 valence electrons. The standard InChI is InChI=1S/C26H32ClN3O/c1-2-19-7-6-8-22-24(18-29-26(19)22)23(20-9-11-21(27)12-10-20)17-25(31)28-13-16-30-14-4-3-5-15-30/h6-12,18,23,29H,2-5,13-17H2,1H3,(H,28,31)/t23-/m0/s1. The lowest BCUT2D eigenvalue weighted by atomic mass is 9.87. The van der Waals surface area contributed by atoms with Gasteiger partial charge in [-0.25, -0.2) is 0 Å². The molecule has 0 unspecified atom stereocenters. The zero-order valence-electron chi connectivity index (χ0n) is 18.3. The largest absolute Gasteiger partial charge is 0.361 e. The molecule has 2 heterocycles. The maximum Gasteiger partial charge on any atom is 0.220 e. The fraction of sp³-hybridized carbons (Fsp3) is 0.423. The summed E-state index contributed by atoms with van der Waals surface area (Å²) >= 11 is 6.13. The lowest BCUT2D eigenvalue weighted by Gasteiger charge is -2.26. The SMILES string of the molecule is CCc1cccc2c([C@@H](CC(=O)NCCN3CCCCC3)c3ccc(Cl)cc3)c[nH]c12. The van der Waals surface area contributed by atoms with E-state index in [-0.39, 0.29) is 11.8 Å². The van der Waals surface area contributed by atoms with Crippen molar-refractivity contribution < 1.29 is 4.79 Å². The number of amides is 1. The predicted molar refractivity (Wildman–Crippen MR) is 129 cm³/mol. The third-order valence-electron chi connectivity index (χ3n) is 6.45. The number of aryl methyl sites for hydroxylation is 1. The molecule has 2 aromatic carbocycles. The molecule has 0 bridgehead atoms. The number of likely N-dealkylation sites (tertiary alicyclic amines) is 1. The van der Waals surface area contributed by atoms with Gasteiger partial charge in [0.05, 0.1) is 0 Å². The molecule has 1 saturated heterocycles. The van der Waals surface area contributed by atoms with Gasteiger partial charge < -0.3 is 15.2 Å². The summed E-state index contributed by atoms with van der Waals surface area (Å²) in [6.45, 7) is 6.11. The summed E-state index contributed by atoms with van der Waals surface area (Å²) in [5, 5.41) is 5.06. The zero-order chi connectivity index (χ0) is 21.6. The van der Waals surface area contributed by atoms with Gasteiger partial charge >= 0.3 is 0 Å². The van der Waals surface area contributed by atoms with Crippen molar-refractivity contribution in [1.29, 1.82) is 0 Å². The fourth-order valence-electron chi connectivity index (χ4n) is 4.72. The van der Waals surface area contributed by atoms with Crippen LogP contribution < -0.4 is 5.32 Å². The first kappa shape index (κ1) is 21.9. The molecule has 31 heavy (non-hydrogen) atoms. The molecule has 1 aliphatic heterocycles. The summed E-state index contributed by atoms with van der Waals surface area (Å²) in [6.07, 6.45) is 7.34. The monoisotopic (exact) mass is 437 g/mol. The van der Waals surface area contributed by atoms with Gasteiger partial charge in [-0.2, -0.15) is 0 Å². The van der Waals surface area contributed by atoms with Crippen molar-refractivity contribution in [3.63, 3.8) is 0 Å². The van der Waals surface area contributed by atoms with Crippen LogP contribution in [0.2, 0.25) is 5.02 Å². The molecule has 0 radical (unpaired) electrons. The van der Waals surface area contributed by atoms with Crippen molar-refractivity contribution in [2.24, 2.45) is 0 Å². The molecule has 5 heteroatoms. The van der Waals surface area contributed by atoms with Gasteiger partial charge in [-0.05, 0) is 61.2 Å². The van der Waals surface area contributed by atoms with Crippen LogP contribution in [0.4, 0.5) is 0 Å². The first-order chi connectivity index (χ1) is 15.2. The Labute approximate surface area is 190 Å². The van der Waals surface area contributed by atoms with Crippen LogP contribution in [0.3, 0.4) is 0 Å². The van der Waals surface area contributed by atoms with Crippen molar-refractivity contribution in [1.82, 2.24) is 15.2 Å². The number of H-pyrrole nitrogens is 1. The first-order valence-electron chi connectivity index (χ1n) is 11.5. The van der Waals surface area contributed by atoms with Gasteiger partial charge in [0.2, 0.25) is 5.91 Å². The number of piperidine rings is 1. The third kappa shape index (κ3) is 5.31. The fourth-order valence-corrected chi connectivity index (χ4v) is 4.84. The second-order valence-corrected chi connectivity index (χ2v) is 8.93. The van der Waals surface area contributed by atoms with E-state index in [4.69, 9.17) is 11.6 Å². The maximum atomic E-state index is 12.9. The van der Waals surface area contributed by atoms with E-state index in [2.05, 4.69) is 46.5 Å². The molecule has 1 aliphatic rings. The first-order valence-corrected chi connectivity index (χ1v) is 11.9. The summed E-state index contributed by atoms with van der Waals surface area (Å²) in [7, 11) is 0. The van der Waals surface area contributed by atoms with Crippen LogP contribution in [0.15, 0.2) is 48.7 Å². The Morgan fingerprint density at radius 2 is 1.90 bits per heavy atom. The number of hydrogen-bond acceptors (Lipinski definition) is 2. The lowest BCUT2D eigenvalue weighted by Crippen LogP contribution is -2.38. The Bertz CT molecular complexity index is 1010. The number of fused-ring (bicyclic) bond motifs is 1. The molecule has 3 aromatic rings. The summed E-state index contributed by atoms with van der Waals surface area (Å²) in [5.41, 5.74) is 4.74. The Morgan fingerprint density at radius 1 is 1.13 bits per heavy atom. The average molecular weight is 438 g/mol. The second-order valence-electron chi connectivity index (χ2n) is 8.50. The van der Waals surface area contributed by atoms with Crippen LogP contribution in [0.25, 0.3) is 10.9 Å². The van der Waals surface area contributed by atoms with Crippen molar-refractivity contribution in [2.75, 3.05) is 26.2 Å². The molecule has 1 aromatic heterocycles. The number of carbonyl (C=O) groups is 1. The van der Waals surface area contributed by atoms with Gasteiger partial charge in [0, 0.05) is 47.6 Å². The van der Waals surface area contributed by atoms with E-state index in [0.29, 0.717) is 18.0 Å². The number of hydrogen-bond donors (Lipinski definition) is 2. The Kier molecular flexibility index (Phi) is 7.31. The highest BCUT2D eigenvalue weighted by Gasteiger charge is 2.22. The highest BCUT2D eigenvalue weighted by atomic mass is 35.5. The molecular weight excluding hydrogens is 406 g/mol. The molecule has 1 amide bonds. The number of nitrogens with one attached hydrogen (secondary N) is 2. The Balaban J connectivity index is 1.52. The second kappa shape index (κ2) is 10.3. The van der Waals surface area contributed by atoms with Gasteiger partial charge in [0.1, 0.15) is 0 Å².